The number of anilines is 1. The third-order valence-electron chi connectivity index (χ3n) is 3.59. The third-order valence-corrected chi connectivity index (χ3v) is 3.90. The largest absolute Gasteiger partial charge is 0.325 e. The Kier molecular flexibility index (Phi) is 4.41. The first kappa shape index (κ1) is 16.4. The van der Waals surface area contributed by atoms with Crippen LogP contribution in [0.25, 0.3) is 0 Å². The first-order valence-electron chi connectivity index (χ1n) is 6.01. The van der Waals surface area contributed by atoms with Crippen LogP contribution in [0.4, 0.5) is 11.4 Å². The van der Waals surface area contributed by atoms with Crippen LogP contribution < -0.4 is 11.1 Å². The molecule has 0 aliphatic rings. The number of rotatable bonds is 4. The summed E-state index contributed by atoms with van der Waals surface area (Å²) in [6.45, 7) is 6.96. The van der Waals surface area contributed by atoms with E-state index in [4.69, 9.17) is 17.3 Å². The molecule has 1 rings (SSSR count). The highest BCUT2D eigenvalue weighted by molar-refractivity contribution is 6.34. The van der Waals surface area contributed by atoms with Crippen LogP contribution in [0, 0.1) is 15.5 Å². The molecule has 0 aliphatic carbocycles. The number of nitro groups is 1. The molecule has 0 saturated carbocycles. The van der Waals surface area contributed by atoms with Gasteiger partial charge in [0.1, 0.15) is 0 Å². The molecule has 0 aliphatic heterocycles. The number of nitrogens with two attached hydrogens (primary N) is 1. The summed E-state index contributed by atoms with van der Waals surface area (Å²) < 4.78 is 0. The van der Waals surface area contributed by atoms with Gasteiger partial charge in [0.2, 0.25) is 5.91 Å². The van der Waals surface area contributed by atoms with Crippen LogP contribution in [0.1, 0.15) is 27.7 Å². The van der Waals surface area contributed by atoms with Gasteiger partial charge in [0.25, 0.3) is 5.69 Å². The lowest BCUT2D eigenvalue weighted by Gasteiger charge is -2.36. The fraction of sp³-hybridized carbons (Fsp3) is 0.462. The third kappa shape index (κ3) is 3.26. The molecule has 0 unspecified atom stereocenters. The number of halogens is 1. The SMILES string of the molecule is CC(C)(N)C(C)(C)C(=O)Nc1ccc([N+](=O)[O-])cc1Cl. The molecule has 1 amide bonds. The van der Waals surface area contributed by atoms with Crippen molar-refractivity contribution < 1.29 is 9.72 Å². The second-order valence-electron chi connectivity index (χ2n) is 5.72. The van der Waals surface area contributed by atoms with Gasteiger partial charge in [-0.3, -0.25) is 14.9 Å². The second kappa shape index (κ2) is 5.38. The number of carbonyl (C=O) groups is 1. The normalized spacial score (nSPS) is 12.1. The zero-order valence-electron chi connectivity index (χ0n) is 11.9. The van der Waals surface area contributed by atoms with Gasteiger partial charge < -0.3 is 11.1 Å². The molecule has 0 heterocycles. The van der Waals surface area contributed by atoms with Crippen LogP contribution in [0.3, 0.4) is 0 Å². The number of non-ortho nitro benzene ring substituents is 1. The van der Waals surface area contributed by atoms with Crippen LogP contribution in [0.5, 0.6) is 0 Å². The predicted octanol–water partition coefficient (Wildman–Crippen LogP) is 2.95. The van der Waals surface area contributed by atoms with E-state index in [1.807, 2.05) is 0 Å². The van der Waals surface area contributed by atoms with Crippen LogP contribution in [0.15, 0.2) is 18.2 Å². The van der Waals surface area contributed by atoms with Crippen molar-refractivity contribution in [3.8, 4) is 0 Å². The Labute approximate surface area is 122 Å². The number of benzene rings is 1. The molecular weight excluding hydrogens is 282 g/mol. The fourth-order valence-electron chi connectivity index (χ4n) is 1.29. The van der Waals surface area contributed by atoms with Gasteiger partial charge >= 0.3 is 0 Å². The van der Waals surface area contributed by atoms with Crippen molar-refractivity contribution in [3.63, 3.8) is 0 Å². The van der Waals surface area contributed by atoms with Crippen LogP contribution in [-0.2, 0) is 4.79 Å². The second-order valence-corrected chi connectivity index (χ2v) is 6.13. The Morgan fingerprint density at radius 3 is 2.30 bits per heavy atom. The molecule has 0 atom stereocenters. The van der Waals surface area contributed by atoms with Gasteiger partial charge in [-0.05, 0) is 33.8 Å². The number of hydrogen-bond donors (Lipinski definition) is 2. The average molecular weight is 300 g/mol. The number of nitro benzene ring substituents is 1. The topological polar surface area (TPSA) is 98.3 Å². The van der Waals surface area contributed by atoms with E-state index < -0.39 is 15.9 Å². The Morgan fingerprint density at radius 2 is 1.90 bits per heavy atom. The molecule has 110 valence electrons. The summed E-state index contributed by atoms with van der Waals surface area (Å²) in [5.41, 5.74) is 4.61. The van der Waals surface area contributed by atoms with E-state index >= 15 is 0 Å². The molecule has 7 heteroatoms. The summed E-state index contributed by atoms with van der Waals surface area (Å²) >= 11 is 5.93. The number of hydrogen-bond acceptors (Lipinski definition) is 4. The van der Waals surface area contributed by atoms with E-state index in [2.05, 4.69) is 5.32 Å². The molecule has 0 aromatic heterocycles. The molecule has 0 saturated heterocycles. The zero-order valence-corrected chi connectivity index (χ0v) is 12.6. The van der Waals surface area contributed by atoms with Crippen molar-refractivity contribution in [3.05, 3.63) is 33.3 Å². The minimum Gasteiger partial charge on any atom is -0.325 e. The molecule has 1 aromatic carbocycles. The van der Waals surface area contributed by atoms with Crippen molar-refractivity contribution in [2.45, 2.75) is 33.2 Å². The lowest BCUT2D eigenvalue weighted by atomic mass is 9.74. The van der Waals surface area contributed by atoms with E-state index in [-0.39, 0.29) is 16.6 Å². The number of nitrogens with zero attached hydrogens (tertiary/aromatic N) is 1. The van der Waals surface area contributed by atoms with Gasteiger partial charge in [0, 0.05) is 17.7 Å². The molecule has 0 spiro atoms. The molecule has 1 aromatic rings. The first-order valence-corrected chi connectivity index (χ1v) is 6.39. The Bertz CT molecular complexity index is 550. The first-order chi connectivity index (χ1) is 8.96. The smallest absolute Gasteiger partial charge is 0.271 e. The van der Waals surface area contributed by atoms with Crippen molar-refractivity contribution in [2.75, 3.05) is 5.32 Å². The summed E-state index contributed by atoms with van der Waals surface area (Å²) in [4.78, 5) is 22.3. The molecule has 20 heavy (non-hydrogen) atoms. The Morgan fingerprint density at radius 1 is 1.35 bits per heavy atom. The van der Waals surface area contributed by atoms with Crippen LogP contribution in [-0.4, -0.2) is 16.4 Å². The molecule has 3 N–H and O–H groups in total. The fourth-order valence-corrected chi connectivity index (χ4v) is 1.51. The van der Waals surface area contributed by atoms with Crippen molar-refractivity contribution >= 4 is 28.9 Å². The molecule has 6 nitrogen and oxygen atoms in total. The van der Waals surface area contributed by atoms with Gasteiger partial charge in [0.05, 0.1) is 21.0 Å². The van der Waals surface area contributed by atoms with Crippen molar-refractivity contribution in [1.82, 2.24) is 0 Å². The highest BCUT2D eigenvalue weighted by Gasteiger charge is 2.40. The van der Waals surface area contributed by atoms with E-state index in [1.54, 1.807) is 27.7 Å². The van der Waals surface area contributed by atoms with E-state index in [0.717, 1.165) is 0 Å². The Hall–Kier alpha value is -1.66. The lowest BCUT2D eigenvalue weighted by Crippen LogP contribution is -2.53. The summed E-state index contributed by atoms with van der Waals surface area (Å²) in [5, 5.41) is 13.4. The van der Waals surface area contributed by atoms with Gasteiger partial charge in [0.15, 0.2) is 0 Å². The van der Waals surface area contributed by atoms with Crippen LogP contribution >= 0.6 is 11.6 Å². The molecule has 0 fully saturated rings. The van der Waals surface area contributed by atoms with Crippen molar-refractivity contribution in [2.24, 2.45) is 11.1 Å². The maximum Gasteiger partial charge on any atom is 0.271 e. The summed E-state index contributed by atoms with van der Waals surface area (Å²) in [6, 6.07) is 3.87. The minimum atomic E-state index is -0.835. The lowest BCUT2D eigenvalue weighted by molar-refractivity contribution is -0.384. The summed E-state index contributed by atoms with van der Waals surface area (Å²) in [6.07, 6.45) is 0. The summed E-state index contributed by atoms with van der Waals surface area (Å²) in [7, 11) is 0. The predicted molar refractivity (Wildman–Crippen MR) is 78.8 cm³/mol. The van der Waals surface area contributed by atoms with E-state index in [9.17, 15) is 14.9 Å². The number of nitrogens with one attached hydrogen (secondary N) is 1. The van der Waals surface area contributed by atoms with Crippen LogP contribution in [0.2, 0.25) is 5.02 Å². The average Bonchev–Trinajstić information content (AvgIpc) is 2.29. The Balaban J connectivity index is 3.00. The van der Waals surface area contributed by atoms with Gasteiger partial charge in [-0.15, -0.1) is 0 Å². The maximum absolute atomic E-state index is 12.3. The zero-order chi connectivity index (χ0) is 15.7. The highest BCUT2D eigenvalue weighted by atomic mass is 35.5. The monoisotopic (exact) mass is 299 g/mol. The molecule has 0 radical (unpaired) electrons. The van der Waals surface area contributed by atoms with Gasteiger partial charge in [-0.25, -0.2) is 0 Å². The van der Waals surface area contributed by atoms with Crippen molar-refractivity contribution in [1.29, 1.82) is 0 Å². The number of carbonyl (C=O) groups excluding carboxylic acids is 1. The summed E-state index contributed by atoms with van der Waals surface area (Å²) in [5.74, 6) is -0.305. The van der Waals surface area contributed by atoms with Gasteiger partial charge in [-0.1, -0.05) is 11.6 Å². The highest BCUT2D eigenvalue weighted by Crippen LogP contribution is 2.32. The molecular formula is C13H18ClN3O3. The van der Waals surface area contributed by atoms with E-state index in [0.29, 0.717) is 5.69 Å². The maximum atomic E-state index is 12.3. The standard InChI is InChI=1S/C13H18ClN3O3/c1-12(2,13(3,4)15)11(18)16-10-6-5-8(17(19)20)7-9(10)14/h5-7H,15H2,1-4H3,(H,16,18). The van der Waals surface area contributed by atoms with Gasteiger partial charge in [-0.2, -0.15) is 0 Å². The minimum absolute atomic E-state index is 0.109. The van der Waals surface area contributed by atoms with E-state index in [1.165, 1.54) is 18.2 Å². The molecule has 0 bridgehead atoms. The quantitative estimate of drug-likeness (QED) is 0.659. The number of amides is 1.